The van der Waals surface area contributed by atoms with Crippen molar-refractivity contribution in [2.75, 3.05) is 11.5 Å². The van der Waals surface area contributed by atoms with Gasteiger partial charge in [0.2, 0.25) is 0 Å². The number of alkyl halides is 1. The number of hydrogen-bond donors (Lipinski definition) is 0. The molecule has 1 saturated heterocycles. The molecule has 1 aliphatic rings. The molecule has 3 rings (SSSR count). The summed E-state index contributed by atoms with van der Waals surface area (Å²) >= 11 is 6.06. The Morgan fingerprint density at radius 2 is 2.16 bits per heavy atom. The van der Waals surface area contributed by atoms with Crippen LogP contribution in [-0.4, -0.2) is 25.3 Å². The predicted octanol–water partition coefficient (Wildman–Crippen LogP) is 3.17. The van der Waals surface area contributed by atoms with Crippen LogP contribution in [0.2, 0.25) is 0 Å². The van der Waals surface area contributed by atoms with Gasteiger partial charge in [0.15, 0.2) is 0 Å². The molecule has 0 bridgehead atoms. The Balaban J connectivity index is 2.11. The minimum Gasteiger partial charge on any atom is -0.324 e. The number of fused-ring (bicyclic) bond motifs is 1. The highest BCUT2D eigenvalue weighted by Gasteiger charge is 2.23. The average molecular weight is 297 g/mol. The zero-order valence-electron chi connectivity index (χ0n) is 10.9. The van der Waals surface area contributed by atoms with Crippen LogP contribution in [0.1, 0.15) is 30.3 Å². The number of benzene rings is 1. The molecule has 0 N–H and O–H groups in total. The second kappa shape index (κ2) is 5.25. The Morgan fingerprint density at radius 3 is 2.84 bits per heavy atom. The normalized spacial score (nSPS) is 23.9. The molecule has 2 heterocycles. The molecule has 19 heavy (non-hydrogen) atoms. The molecule has 0 radical (unpaired) electrons. The van der Waals surface area contributed by atoms with Crippen LogP contribution in [0.25, 0.3) is 11.0 Å². The van der Waals surface area contributed by atoms with Crippen molar-refractivity contribution in [3.63, 3.8) is 0 Å². The quantitative estimate of drug-likeness (QED) is 0.798. The molecule has 2 aromatic rings. The van der Waals surface area contributed by atoms with Gasteiger partial charge < -0.3 is 4.57 Å². The fourth-order valence-corrected chi connectivity index (χ4v) is 4.31. The van der Waals surface area contributed by atoms with Crippen molar-refractivity contribution >= 4 is 33.4 Å². The number of aromatic nitrogens is 2. The number of para-hydroxylation sites is 1. The number of halogens is 1. The number of rotatable bonds is 2. The van der Waals surface area contributed by atoms with Gasteiger partial charge in [0.1, 0.15) is 5.82 Å². The third-order valence-electron chi connectivity index (χ3n) is 3.84. The van der Waals surface area contributed by atoms with Crippen LogP contribution in [0, 0.1) is 6.92 Å². The maximum absolute atomic E-state index is 11.5. The Hall–Kier alpha value is -0.870. The molecule has 0 unspecified atom stereocenters. The molecule has 1 fully saturated rings. The summed E-state index contributed by atoms with van der Waals surface area (Å²) in [5.41, 5.74) is 3.39. The van der Waals surface area contributed by atoms with Gasteiger partial charge in [0.25, 0.3) is 0 Å². The summed E-state index contributed by atoms with van der Waals surface area (Å²) in [5, 5.41) is 0. The molecule has 0 atom stereocenters. The molecule has 0 amide bonds. The van der Waals surface area contributed by atoms with Crippen LogP contribution in [0.3, 0.4) is 0 Å². The molecule has 102 valence electrons. The fraction of sp³-hybridized carbons (Fsp3) is 0.500. The van der Waals surface area contributed by atoms with Crippen LogP contribution in [-0.2, 0) is 16.7 Å². The summed E-state index contributed by atoms with van der Waals surface area (Å²) < 4.78 is 13.8. The second-order valence-corrected chi connectivity index (χ2v) is 7.02. The SMILES string of the molecule is Cc1cccc2c1nc(CCl)n2C1CCS(=O)CC1. The van der Waals surface area contributed by atoms with Gasteiger partial charge >= 0.3 is 0 Å². The van der Waals surface area contributed by atoms with E-state index < -0.39 is 10.8 Å². The van der Waals surface area contributed by atoms with Gasteiger partial charge in [-0.1, -0.05) is 12.1 Å². The summed E-state index contributed by atoms with van der Waals surface area (Å²) in [6, 6.07) is 6.64. The van der Waals surface area contributed by atoms with Crippen molar-refractivity contribution in [3.8, 4) is 0 Å². The van der Waals surface area contributed by atoms with Crippen LogP contribution < -0.4 is 0 Å². The van der Waals surface area contributed by atoms with Gasteiger partial charge in [0.05, 0.1) is 16.9 Å². The van der Waals surface area contributed by atoms with E-state index in [1.54, 1.807) is 0 Å². The number of imidazole rings is 1. The zero-order chi connectivity index (χ0) is 13.4. The van der Waals surface area contributed by atoms with E-state index in [0.717, 1.165) is 41.2 Å². The Morgan fingerprint density at radius 1 is 1.42 bits per heavy atom. The summed E-state index contributed by atoms with van der Waals surface area (Å²) in [7, 11) is -0.636. The van der Waals surface area contributed by atoms with E-state index >= 15 is 0 Å². The van der Waals surface area contributed by atoms with Crippen LogP contribution in [0.15, 0.2) is 18.2 Å². The van der Waals surface area contributed by atoms with Gasteiger partial charge in [-0.3, -0.25) is 4.21 Å². The first kappa shape index (κ1) is 13.1. The standard InChI is InChI=1S/C14H17ClN2OS/c1-10-3-2-4-12-14(10)16-13(9-15)17(12)11-5-7-19(18)8-6-11/h2-4,11H,5-9H2,1H3. The first-order valence-electron chi connectivity index (χ1n) is 6.58. The van der Waals surface area contributed by atoms with Crippen molar-refractivity contribution in [2.45, 2.75) is 31.7 Å². The minimum atomic E-state index is -0.636. The third kappa shape index (κ3) is 2.32. The predicted molar refractivity (Wildman–Crippen MR) is 80.2 cm³/mol. The van der Waals surface area contributed by atoms with Crippen LogP contribution >= 0.6 is 11.6 Å². The molecular weight excluding hydrogens is 280 g/mol. The van der Waals surface area contributed by atoms with E-state index in [2.05, 4.69) is 34.7 Å². The molecule has 1 aliphatic heterocycles. The lowest BCUT2D eigenvalue weighted by atomic mass is 10.1. The zero-order valence-corrected chi connectivity index (χ0v) is 12.5. The topological polar surface area (TPSA) is 34.9 Å². The van der Waals surface area contributed by atoms with Crippen molar-refractivity contribution in [1.29, 1.82) is 0 Å². The molecule has 0 spiro atoms. The lowest BCUT2D eigenvalue weighted by molar-refractivity contribution is 0.462. The Kier molecular flexibility index (Phi) is 3.63. The Bertz CT molecular complexity index is 628. The smallest absolute Gasteiger partial charge is 0.125 e. The van der Waals surface area contributed by atoms with Gasteiger partial charge in [-0.15, -0.1) is 11.6 Å². The van der Waals surface area contributed by atoms with Crippen molar-refractivity contribution < 1.29 is 4.21 Å². The largest absolute Gasteiger partial charge is 0.324 e. The lowest BCUT2D eigenvalue weighted by Crippen LogP contribution is -2.22. The highest BCUT2D eigenvalue weighted by molar-refractivity contribution is 7.85. The monoisotopic (exact) mass is 296 g/mol. The first-order valence-corrected chi connectivity index (χ1v) is 8.60. The third-order valence-corrected chi connectivity index (χ3v) is 5.46. The maximum Gasteiger partial charge on any atom is 0.125 e. The minimum absolute atomic E-state index is 0.387. The molecular formula is C14H17ClN2OS. The summed E-state index contributed by atoms with van der Waals surface area (Å²) in [6.07, 6.45) is 1.91. The number of nitrogens with zero attached hydrogens (tertiary/aromatic N) is 2. The van der Waals surface area contributed by atoms with Crippen LogP contribution in [0.5, 0.6) is 0 Å². The van der Waals surface area contributed by atoms with E-state index in [0.29, 0.717) is 11.9 Å². The van der Waals surface area contributed by atoms with E-state index in [1.807, 2.05) is 0 Å². The van der Waals surface area contributed by atoms with Crippen molar-refractivity contribution in [3.05, 3.63) is 29.6 Å². The molecule has 0 saturated carbocycles. The lowest BCUT2D eigenvalue weighted by Gasteiger charge is -2.25. The van der Waals surface area contributed by atoms with Crippen LogP contribution in [0.4, 0.5) is 0 Å². The van der Waals surface area contributed by atoms with E-state index in [-0.39, 0.29) is 0 Å². The second-order valence-electron chi connectivity index (χ2n) is 5.05. The van der Waals surface area contributed by atoms with E-state index in [4.69, 9.17) is 11.6 Å². The number of aryl methyl sites for hydroxylation is 1. The summed E-state index contributed by atoms with van der Waals surface area (Å²) in [5.74, 6) is 2.94. The molecule has 5 heteroatoms. The maximum atomic E-state index is 11.5. The molecule has 1 aromatic heterocycles. The van der Waals surface area contributed by atoms with Gasteiger partial charge in [-0.05, 0) is 31.4 Å². The van der Waals surface area contributed by atoms with Gasteiger partial charge in [-0.2, -0.15) is 0 Å². The first-order chi connectivity index (χ1) is 9.20. The van der Waals surface area contributed by atoms with Gasteiger partial charge in [-0.25, -0.2) is 4.98 Å². The molecule has 1 aromatic carbocycles. The fourth-order valence-electron chi connectivity index (χ4n) is 2.85. The van der Waals surface area contributed by atoms with Crippen molar-refractivity contribution in [1.82, 2.24) is 9.55 Å². The molecule has 3 nitrogen and oxygen atoms in total. The van der Waals surface area contributed by atoms with E-state index in [1.165, 1.54) is 5.56 Å². The summed E-state index contributed by atoms with van der Waals surface area (Å²) in [6.45, 7) is 2.08. The van der Waals surface area contributed by atoms with Crippen molar-refractivity contribution in [2.24, 2.45) is 0 Å². The highest BCUT2D eigenvalue weighted by Crippen LogP contribution is 2.30. The Labute approximate surface area is 120 Å². The average Bonchev–Trinajstić information content (AvgIpc) is 2.80. The summed E-state index contributed by atoms with van der Waals surface area (Å²) in [4.78, 5) is 4.68. The van der Waals surface area contributed by atoms with E-state index in [9.17, 15) is 4.21 Å². The molecule has 0 aliphatic carbocycles. The van der Waals surface area contributed by atoms with Gasteiger partial charge in [0, 0.05) is 28.3 Å². The number of hydrogen-bond acceptors (Lipinski definition) is 2. The highest BCUT2D eigenvalue weighted by atomic mass is 35.5.